The zero-order chi connectivity index (χ0) is 7.40. The quantitative estimate of drug-likeness (QED) is 0.579. The fraction of sp³-hybridized carbons (Fsp3) is 0.429. The van der Waals surface area contributed by atoms with Crippen LogP contribution in [0.3, 0.4) is 0 Å². The van der Waals surface area contributed by atoms with E-state index in [0.29, 0.717) is 12.6 Å². The van der Waals surface area contributed by atoms with Crippen LogP contribution < -0.4 is 4.89 Å². The van der Waals surface area contributed by atoms with Crippen molar-refractivity contribution in [3.63, 3.8) is 0 Å². The molecule has 1 atom stereocenters. The van der Waals surface area contributed by atoms with Gasteiger partial charge in [-0.2, -0.15) is 0 Å². The Morgan fingerprint density at radius 3 is 3.00 bits per heavy atom. The van der Waals surface area contributed by atoms with E-state index in [9.17, 15) is 9.46 Å². The first-order valence-electron chi connectivity index (χ1n) is 3.25. The minimum atomic E-state index is -2.19. The van der Waals surface area contributed by atoms with Crippen LogP contribution in [0.2, 0.25) is 0 Å². The Morgan fingerprint density at radius 1 is 1.70 bits per heavy atom. The van der Waals surface area contributed by atoms with Gasteiger partial charge >= 0.3 is 8.03 Å². The van der Waals surface area contributed by atoms with E-state index in [1.807, 2.05) is 18.2 Å². The molecular formula is C7H9O2P. The minimum absolute atomic E-state index is 0.294. The highest BCUT2D eigenvalue weighted by Crippen LogP contribution is 2.19. The summed E-state index contributed by atoms with van der Waals surface area (Å²) >= 11 is 0. The van der Waals surface area contributed by atoms with E-state index < -0.39 is 8.03 Å². The van der Waals surface area contributed by atoms with Gasteiger partial charge in [0.15, 0.2) is 0 Å². The van der Waals surface area contributed by atoms with Gasteiger partial charge in [0.2, 0.25) is 0 Å². The van der Waals surface area contributed by atoms with Crippen LogP contribution >= 0.6 is 8.03 Å². The summed E-state index contributed by atoms with van der Waals surface area (Å²) in [5, 5.41) is 0. The van der Waals surface area contributed by atoms with Crippen LogP contribution in [0.1, 0.15) is 12.8 Å². The lowest BCUT2D eigenvalue weighted by molar-refractivity contribution is -0.164. The van der Waals surface area contributed by atoms with Crippen molar-refractivity contribution in [1.29, 1.82) is 0 Å². The molecule has 0 heterocycles. The number of rotatable bonds is 3. The van der Waals surface area contributed by atoms with E-state index in [-0.39, 0.29) is 0 Å². The van der Waals surface area contributed by atoms with E-state index >= 15 is 0 Å². The Morgan fingerprint density at radius 2 is 2.50 bits per heavy atom. The monoisotopic (exact) mass is 156 g/mol. The van der Waals surface area contributed by atoms with Crippen molar-refractivity contribution >= 4 is 8.03 Å². The first-order chi connectivity index (χ1) is 4.79. The van der Waals surface area contributed by atoms with Gasteiger partial charge in [0, 0.05) is 6.42 Å². The summed E-state index contributed by atoms with van der Waals surface area (Å²) in [6, 6.07) is 0. The number of allylic oxidation sites excluding steroid dienone is 4. The Labute approximate surface area is 61.1 Å². The lowest BCUT2D eigenvalue weighted by atomic mass is 10.2. The molecule has 10 heavy (non-hydrogen) atoms. The van der Waals surface area contributed by atoms with Crippen molar-refractivity contribution in [2.45, 2.75) is 12.8 Å². The van der Waals surface area contributed by atoms with Gasteiger partial charge in [0.25, 0.3) is 0 Å². The molecule has 0 spiro atoms. The highest BCUT2D eigenvalue weighted by Gasteiger charge is 2.04. The smallest absolute Gasteiger partial charge is 0.309 e. The van der Waals surface area contributed by atoms with Gasteiger partial charge in [-0.15, -0.1) is 0 Å². The van der Waals surface area contributed by atoms with E-state index in [4.69, 9.17) is 0 Å². The van der Waals surface area contributed by atoms with Crippen molar-refractivity contribution in [2.75, 3.05) is 6.16 Å². The molecule has 2 nitrogen and oxygen atoms in total. The Balaban J connectivity index is 2.21. The molecule has 1 aliphatic rings. The van der Waals surface area contributed by atoms with Crippen molar-refractivity contribution in [3.05, 3.63) is 23.8 Å². The summed E-state index contributed by atoms with van der Waals surface area (Å²) in [6.07, 6.45) is 7.91. The highest BCUT2D eigenvalue weighted by molar-refractivity contribution is 7.36. The average molecular weight is 156 g/mol. The lowest BCUT2D eigenvalue weighted by Crippen LogP contribution is -1.92. The summed E-state index contributed by atoms with van der Waals surface area (Å²) < 4.78 is 10.1. The van der Waals surface area contributed by atoms with Crippen molar-refractivity contribution in [3.8, 4) is 0 Å². The van der Waals surface area contributed by atoms with Gasteiger partial charge in [0.05, 0.1) is 0 Å². The van der Waals surface area contributed by atoms with Crippen LogP contribution in [0.5, 0.6) is 0 Å². The lowest BCUT2D eigenvalue weighted by Gasteiger charge is -1.93. The summed E-state index contributed by atoms with van der Waals surface area (Å²) in [4.78, 5) is 10.1. The molecule has 0 amide bonds. The Kier molecular flexibility index (Phi) is 2.79. The molecule has 0 bridgehead atoms. The second-order valence-electron chi connectivity index (χ2n) is 2.26. The number of hydrogen-bond acceptors (Lipinski definition) is 2. The van der Waals surface area contributed by atoms with Gasteiger partial charge in [-0.3, -0.25) is 0 Å². The third kappa shape index (κ3) is 2.42. The largest absolute Gasteiger partial charge is 0.596 e. The maximum Gasteiger partial charge on any atom is 0.309 e. The molecule has 1 unspecified atom stereocenters. The molecule has 0 saturated heterocycles. The summed E-state index contributed by atoms with van der Waals surface area (Å²) in [6.45, 7) is 0. The molecular weight excluding hydrogens is 147 g/mol. The third-order valence-electron chi connectivity index (χ3n) is 1.46. The molecule has 0 aliphatic heterocycles. The highest BCUT2D eigenvalue weighted by atomic mass is 31.1. The average Bonchev–Trinajstić information content (AvgIpc) is 2.34. The molecule has 0 aromatic heterocycles. The second kappa shape index (κ2) is 3.65. The van der Waals surface area contributed by atoms with Crippen LogP contribution in [-0.4, -0.2) is 6.16 Å². The topological polar surface area (TPSA) is 40.1 Å². The molecule has 0 aromatic rings. The molecule has 0 N–H and O–H groups in total. The first-order valence-corrected chi connectivity index (χ1v) is 4.61. The molecule has 0 aromatic carbocycles. The van der Waals surface area contributed by atoms with Crippen molar-refractivity contribution in [2.24, 2.45) is 0 Å². The Hall–Kier alpha value is -0.460. The minimum Gasteiger partial charge on any atom is -0.596 e. The summed E-state index contributed by atoms with van der Waals surface area (Å²) in [5.74, 6) is 0. The SMILES string of the molecule is O=[P+]([O-])CCC1=CC=CC1. The molecule has 0 saturated carbocycles. The summed E-state index contributed by atoms with van der Waals surface area (Å²) in [5.41, 5.74) is 1.22. The third-order valence-corrected chi connectivity index (χ3v) is 2.05. The first kappa shape index (κ1) is 7.64. The summed E-state index contributed by atoms with van der Waals surface area (Å²) in [7, 11) is -2.19. The van der Waals surface area contributed by atoms with Gasteiger partial charge < -0.3 is 4.89 Å². The van der Waals surface area contributed by atoms with E-state index in [0.717, 1.165) is 6.42 Å². The molecule has 1 rings (SSSR count). The normalized spacial score (nSPS) is 17.3. The van der Waals surface area contributed by atoms with Gasteiger partial charge in [0.1, 0.15) is 6.16 Å². The van der Waals surface area contributed by atoms with Crippen molar-refractivity contribution < 1.29 is 9.46 Å². The van der Waals surface area contributed by atoms with E-state index in [1.165, 1.54) is 5.57 Å². The number of hydrogen-bond donors (Lipinski definition) is 0. The predicted octanol–water partition coefficient (Wildman–Crippen LogP) is 1.37. The predicted molar refractivity (Wildman–Crippen MR) is 38.9 cm³/mol. The molecule has 0 radical (unpaired) electrons. The van der Waals surface area contributed by atoms with Crippen LogP contribution in [0.4, 0.5) is 0 Å². The Bertz CT molecular complexity index is 194. The molecule has 54 valence electrons. The van der Waals surface area contributed by atoms with E-state index in [1.54, 1.807) is 0 Å². The molecule has 3 heteroatoms. The molecule has 1 aliphatic carbocycles. The standard InChI is InChI=1S/C7H9O2P/c8-10(9)6-5-7-3-1-2-4-7/h1-3H,4-6H2. The van der Waals surface area contributed by atoms with E-state index in [2.05, 4.69) is 0 Å². The van der Waals surface area contributed by atoms with Crippen LogP contribution in [0.25, 0.3) is 0 Å². The maximum atomic E-state index is 10.1. The fourth-order valence-corrected chi connectivity index (χ4v) is 1.38. The van der Waals surface area contributed by atoms with Crippen LogP contribution in [-0.2, 0) is 4.57 Å². The van der Waals surface area contributed by atoms with Crippen molar-refractivity contribution in [1.82, 2.24) is 0 Å². The van der Waals surface area contributed by atoms with Gasteiger partial charge in [-0.25, -0.2) is 0 Å². The zero-order valence-corrected chi connectivity index (χ0v) is 6.51. The zero-order valence-electron chi connectivity index (χ0n) is 5.62. The van der Waals surface area contributed by atoms with Crippen LogP contribution in [0, 0.1) is 0 Å². The second-order valence-corrected chi connectivity index (χ2v) is 3.38. The fourth-order valence-electron chi connectivity index (χ4n) is 0.912. The van der Waals surface area contributed by atoms with Gasteiger partial charge in [-0.05, 0) is 6.42 Å². The maximum absolute atomic E-state index is 10.1. The van der Waals surface area contributed by atoms with Crippen LogP contribution in [0.15, 0.2) is 23.8 Å². The molecule has 0 fully saturated rings. The van der Waals surface area contributed by atoms with Gasteiger partial charge in [-0.1, -0.05) is 28.4 Å².